The third-order valence-electron chi connectivity index (χ3n) is 4.71. The van der Waals surface area contributed by atoms with Crippen molar-refractivity contribution in [2.75, 3.05) is 7.11 Å². The third-order valence-corrected chi connectivity index (χ3v) is 4.71. The van der Waals surface area contributed by atoms with Crippen LogP contribution in [0.15, 0.2) is 85.1 Å². The van der Waals surface area contributed by atoms with E-state index in [4.69, 9.17) is 4.74 Å². The molecule has 2 aromatic heterocycles. The number of methoxy groups -OCH3 is 1. The van der Waals surface area contributed by atoms with Crippen molar-refractivity contribution >= 4 is 28.8 Å². The molecule has 4 aromatic rings. The number of para-hydroxylation sites is 1. The van der Waals surface area contributed by atoms with E-state index >= 15 is 0 Å². The number of fused-ring (bicyclic) bond motifs is 1. The summed E-state index contributed by atoms with van der Waals surface area (Å²) < 4.78 is 5.17. The van der Waals surface area contributed by atoms with Crippen molar-refractivity contribution in [2.24, 2.45) is 0 Å². The number of rotatable bonds is 5. The SMILES string of the molecule is COc1cccc(/C=C/C(=O)NNC(=O)c2cc(-c3ccccn3)nc3ccccc23)c1. The fourth-order valence-electron chi connectivity index (χ4n) is 3.15. The molecule has 2 amide bonds. The number of carbonyl (C=O) groups excluding carboxylic acids is 2. The predicted octanol–water partition coefficient (Wildman–Crippen LogP) is 3.78. The van der Waals surface area contributed by atoms with E-state index in [-0.39, 0.29) is 0 Å². The van der Waals surface area contributed by atoms with Crippen LogP contribution < -0.4 is 15.6 Å². The van der Waals surface area contributed by atoms with Crippen LogP contribution in [0.5, 0.6) is 5.75 Å². The van der Waals surface area contributed by atoms with Crippen molar-refractivity contribution in [1.29, 1.82) is 0 Å². The van der Waals surface area contributed by atoms with Crippen LogP contribution >= 0.6 is 0 Å². The molecule has 2 N–H and O–H groups in total. The van der Waals surface area contributed by atoms with Gasteiger partial charge in [-0.1, -0.05) is 36.4 Å². The predicted molar refractivity (Wildman–Crippen MR) is 123 cm³/mol. The van der Waals surface area contributed by atoms with Gasteiger partial charge in [-0.2, -0.15) is 0 Å². The number of amides is 2. The van der Waals surface area contributed by atoms with E-state index in [0.717, 1.165) is 5.56 Å². The molecule has 32 heavy (non-hydrogen) atoms. The second-order valence-electron chi connectivity index (χ2n) is 6.84. The van der Waals surface area contributed by atoms with Gasteiger partial charge in [-0.05, 0) is 48.0 Å². The van der Waals surface area contributed by atoms with Crippen molar-refractivity contribution in [1.82, 2.24) is 20.8 Å². The van der Waals surface area contributed by atoms with Crippen LogP contribution in [0.4, 0.5) is 0 Å². The average Bonchev–Trinajstić information content (AvgIpc) is 2.86. The normalized spacial score (nSPS) is 10.8. The highest BCUT2D eigenvalue weighted by Crippen LogP contribution is 2.23. The molecule has 0 spiro atoms. The summed E-state index contributed by atoms with van der Waals surface area (Å²) in [7, 11) is 1.58. The number of pyridine rings is 2. The average molecular weight is 424 g/mol. The Bertz CT molecular complexity index is 1300. The smallest absolute Gasteiger partial charge is 0.270 e. The number of nitrogens with one attached hydrogen (secondary N) is 2. The Kier molecular flexibility index (Phi) is 6.17. The Morgan fingerprint density at radius 1 is 0.906 bits per heavy atom. The summed E-state index contributed by atoms with van der Waals surface area (Å²) in [6.07, 6.45) is 4.63. The lowest BCUT2D eigenvalue weighted by Crippen LogP contribution is -2.40. The summed E-state index contributed by atoms with van der Waals surface area (Å²) in [5.74, 6) is -0.234. The first-order chi connectivity index (χ1) is 15.6. The fraction of sp³-hybridized carbons (Fsp3) is 0.0400. The van der Waals surface area contributed by atoms with Gasteiger partial charge in [0, 0.05) is 17.7 Å². The van der Waals surface area contributed by atoms with Gasteiger partial charge in [0.25, 0.3) is 11.8 Å². The van der Waals surface area contributed by atoms with Crippen LogP contribution in [0.3, 0.4) is 0 Å². The number of carbonyl (C=O) groups is 2. The maximum atomic E-state index is 12.9. The number of hydrazine groups is 1. The van der Waals surface area contributed by atoms with Crippen LogP contribution in [0, 0.1) is 0 Å². The van der Waals surface area contributed by atoms with E-state index in [2.05, 4.69) is 20.8 Å². The third kappa shape index (κ3) is 4.79. The van der Waals surface area contributed by atoms with Gasteiger partial charge in [0.2, 0.25) is 0 Å². The Hall–Kier alpha value is -4.52. The van der Waals surface area contributed by atoms with E-state index < -0.39 is 11.8 Å². The van der Waals surface area contributed by atoms with E-state index in [1.807, 2.05) is 60.7 Å². The number of ether oxygens (including phenoxy) is 1. The summed E-state index contributed by atoms with van der Waals surface area (Å²) in [5, 5.41) is 0.672. The molecule has 2 aromatic carbocycles. The van der Waals surface area contributed by atoms with Gasteiger partial charge in [-0.3, -0.25) is 25.4 Å². The highest BCUT2D eigenvalue weighted by Gasteiger charge is 2.14. The van der Waals surface area contributed by atoms with E-state index in [9.17, 15) is 9.59 Å². The monoisotopic (exact) mass is 424 g/mol. The molecule has 0 aliphatic rings. The summed E-state index contributed by atoms with van der Waals surface area (Å²) in [6.45, 7) is 0. The number of hydrogen-bond donors (Lipinski definition) is 2. The largest absolute Gasteiger partial charge is 0.497 e. The van der Waals surface area contributed by atoms with Gasteiger partial charge in [0.1, 0.15) is 5.75 Å². The number of aromatic nitrogens is 2. The molecule has 2 heterocycles. The zero-order valence-electron chi connectivity index (χ0n) is 17.3. The molecule has 0 atom stereocenters. The molecule has 0 aliphatic heterocycles. The molecule has 0 saturated carbocycles. The first-order valence-corrected chi connectivity index (χ1v) is 9.88. The first-order valence-electron chi connectivity index (χ1n) is 9.88. The lowest BCUT2D eigenvalue weighted by Gasteiger charge is -2.10. The zero-order valence-corrected chi connectivity index (χ0v) is 17.3. The quantitative estimate of drug-likeness (QED) is 0.376. The van der Waals surface area contributed by atoms with Gasteiger partial charge in [-0.25, -0.2) is 4.98 Å². The van der Waals surface area contributed by atoms with Gasteiger partial charge in [0.15, 0.2) is 0 Å². The first kappa shape index (κ1) is 20.7. The summed E-state index contributed by atoms with van der Waals surface area (Å²) in [4.78, 5) is 34.0. The summed E-state index contributed by atoms with van der Waals surface area (Å²) >= 11 is 0. The topological polar surface area (TPSA) is 93.2 Å². The fourth-order valence-corrected chi connectivity index (χ4v) is 3.15. The standard InChI is InChI=1S/C25H20N4O3/c1-32-18-8-6-7-17(15-18)12-13-24(30)28-29-25(31)20-16-23(22-11-4-5-14-26-22)27-21-10-3-2-9-19(20)21/h2-16H,1H3,(H,28,30)(H,29,31)/b13-12+. The van der Waals surface area contributed by atoms with Crippen LogP contribution in [-0.4, -0.2) is 28.9 Å². The van der Waals surface area contributed by atoms with Crippen molar-refractivity contribution < 1.29 is 14.3 Å². The van der Waals surface area contributed by atoms with Gasteiger partial charge >= 0.3 is 0 Å². The zero-order chi connectivity index (χ0) is 22.3. The van der Waals surface area contributed by atoms with Crippen molar-refractivity contribution in [2.45, 2.75) is 0 Å². The molecule has 158 valence electrons. The molecule has 0 unspecified atom stereocenters. The molecule has 0 fully saturated rings. The minimum atomic E-state index is -0.468. The molecule has 0 bridgehead atoms. The maximum Gasteiger partial charge on any atom is 0.270 e. The van der Waals surface area contributed by atoms with Crippen molar-refractivity contribution in [3.8, 4) is 17.1 Å². The Labute approximate surface area is 184 Å². The maximum absolute atomic E-state index is 12.9. The summed E-state index contributed by atoms with van der Waals surface area (Å²) in [5.41, 5.74) is 7.93. The van der Waals surface area contributed by atoms with E-state index in [1.165, 1.54) is 6.08 Å². The molecule has 0 aliphatic carbocycles. The second kappa shape index (κ2) is 9.53. The Morgan fingerprint density at radius 2 is 1.75 bits per heavy atom. The van der Waals surface area contributed by atoms with Crippen LogP contribution in [0.1, 0.15) is 15.9 Å². The highest BCUT2D eigenvalue weighted by molar-refractivity contribution is 6.07. The van der Waals surface area contributed by atoms with Crippen LogP contribution in [0.2, 0.25) is 0 Å². The minimum Gasteiger partial charge on any atom is -0.497 e. The van der Waals surface area contributed by atoms with Crippen molar-refractivity contribution in [3.63, 3.8) is 0 Å². The van der Waals surface area contributed by atoms with Crippen LogP contribution in [-0.2, 0) is 4.79 Å². The molecule has 7 heteroatoms. The number of nitrogens with zero attached hydrogens (tertiary/aromatic N) is 2. The van der Waals surface area contributed by atoms with E-state index in [1.54, 1.807) is 31.5 Å². The number of benzene rings is 2. The minimum absolute atomic E-state index is 0.383. The Morgan fingerprint density at radius 3 is 2.56 bits per heavy atom. The lowest BCUT2D eigenvalue weighted by atomic mass is 10.1. The van der Waals surface area contributed by atoms with Crippen LogP contribution in [0.25, 0.3) is 28.4 Å². The number of hydrogen-bond acceptors (Lipinski definition) is 5. The second-order valence-corrected chi connectivity index (χ2v) is 6.84. The summed E-state index contributed by atoms with van der Waals surface area (Å²) in [6, 6.07) is 21.8. The Balaban J connectivity index is 1.52. The molecule has 0 radical (unpaired) electrons. The molecule has 0 saturated heterocycles. The van der Waals surface area contributed by atoms with Crippen molar-refractivity contribution in [3.05, 3.63) is 96.2 Å². The molecule has 7 nitrogen and oxygen atoms in total. The molecular weight excluding hydrogens is 404 g/mol. The van der Waals surface area contributed by atoms with Gasteiger partial charge < -0.3 is 4.74 Å². The molecule has 4 rings (SSSR count). The van der Waals surface area contributed by atoms with Gasteiger partial charge in [0.05, 0.1) is 29.6 Å². The van der Waals surface area contributed by atoms with E-state index in [0.29, 0.717) is 33.6 Å². The molecular formula is C25H20N4O3. The lowest BCUT2D eigenvalue weighted by molar-refractivity contribution is -0.117. The van der Waals surface area contributed by atoms with Gasteiger partial charge in [-0.15, -0.1) is 0 Å². The highest BCUT2D eigenvalue weighted by atomic mass is 16.5.